The zero-order valence-corrected chi connectivity index (χ0v) is 7.73. The van der Waals surface area contributed by atoms with Crippen LogP contribution in [-0.2, 0) is 0 Å². The van der Waals surface area contributed by atoms with Crippen LogP contribution < -0.4 is 11.5 Å². The SMILES string of the molecule is NC(=O)c1nn(-c2ncns2)cc1N. The van der Waals surface area contributed by atoms with Crippen molar-refractivity contribution in [2.45, 2.75) is 0 Å². The van der Waals surface area contributed by atoms with Crippen LogP contribution in [0.15, 0.2) is 12.5 Å². The molecule has 2 rings (SSSR count). The fourth-order valence-corrected chi connectivity index (χ4v) is 1.41. The Morgan fingerprint density at radius 3 is 2.86 bits per heavy atom. The lowest BCUT2D eigenvalue weighted by molar-refractivity contribution is 0.0996. The highest BCUT2D eigenvalue weighted by molar-refractivity contribution is 7.07. The Balaban J connectivity index is 2.48. The predicted octanol–water partition coefficient (Wildman–Crippen LogP) is -0.595. The van der Waals surface area contributed by atoms with E-state index in [9.17, 15) is 4.79 Å². The molecule has 0 aliphatic heterocycles. The Labute approximate surface area is 82.5 Å². The van der Waals surface area contributed by atoms with Gasteiger partial charge in [-0.15, -0.1) is 0 Å². The van der Waals surface area contributed by atoms with Crippen molar-refractivity contribution in [1.29, 1.82) is 0 Å². The number of aromatic nitrogens is 4. The zero-order valence-electron chi connectivity index (χ0n) is 6.91. The first-order chi connectivity index (χ1) is 6.68. The molecule has 0 atom stereocenters. The molecule has 0 unspecified atom stereocenters. The van der Waals surface area contributed by atoms with E-state index in [4.69, 9.17) is 11.5 Å². The molecule has 0 bridgehead atoms. The fourth-order valence-electron chi connectivity index (χ4n) is 0.945. The molecule has 2 aromatic rings. The van der Waals surface area contributed by atoms with Crippen molar-refractivity contribution >= 4 is 23.1 Å². The summed E-state index contributed by atoms with van der Waals surface area (Å²) in [6.07, 6.45) is 2.86. The Hall–Kier alpha value is -1.96. The van der Waals surface area contributed by atoms with Gasteiger partial charge in [-0.2, -0.15) is 9.47 Å². The summed E-state index contributed by atoms with van der Waals surface area (Å²) in [6, 6.07) is 0. The summed E-state index contributed by atoms with van der Waals surface area (Å²) in [5, 5.41) is 4.41. The molecule has 1 amide bonds. The van der Waals surface area contributed by atoms with Gasteiger partial charge in [-0.05, 0) is 0 Å². The summed E-state index contributed by atoms with van der Waals surface area (Å²) in [5.41, 5.74) is 10.8. The van der Waals surface area contributed by atoms with Crippen molar-refractivity contribution in [3.63, 3.8) is 0 Å². The third-order valence-electron chi connectivity index (χ3n) is 1.52. The lowest BCUT2D eigenvalue weighted by Crippen LogP contribution is -2.13. The Morgan fingerprint density at radius 2 is 2.36 bits per heavy atom. The fraction of sp³-hybridized carbons (Fsp3) is 0. The first-order valence-corrected chi connectivity index (χ1v) is 4.38. The van der Waals surface area contributed by atoms with Gasteiger partial charge in [-0.25, -0.2) is 9.67 Å². The largest absolute Gasteiger partial charge is 0.396 e. The van der Waals surface area contributed by atoms with Gasteiger partial charge in [0, 0.05) is 11.5 Å². The van der Waals surface area contributed by atoms with E-state index < -0.39 is 5.91 Å². The van der Waals surface area contributed by atoms with Gasteiger partial charge in [0.15, 0.2) is 5.69 Å². The summed E-state index contributed by atoms with van der Waals surface area (Å²) in [4.78, 5) is 14.7. The minimum atomic E-state index is -0.661. The van der Waals surface area contributed by atoms with Crippen LogP contribution in [0.3, 0.4) is 0 Å². The number of carbonyl (C=O) groups is 1. The Bertz CT molecular complexity index is 461. The van der Waals surface area contributed by atoms with E-state index in [1.165, 1.54) is 17.2 Å². The maximum absolute atomic E-state index is 10.8. The third-order valence-corrected chi connectivity index (χ3v) is 2.18. The van der Waals surface area contributed by atoms with Crippen LogP contribution in [0.25, 0.3) is 5.13 Å². The highest BCUT2D eigenvalue weighted by Gasteiger charge is 2.13. The predicted molar refractivity (Wildman–Crippen MR) is 50.0 cm³/mol. The number of hydrogen-bond donors (Lipinski definition) is 2. The van der Waals surface area contributed by atoms with Gasteiger partial charge in [0.05, 0.1) is 11.9 Å². The molecule has 0 saturated heterocycles. The van der Waals surface area contributed by atoms with E-state index >= 15 is 0 Å². The van der Waals surface area contributed by atoms with Crippen LogP contribution in [0.4, 0.5) is 5.69 Å². The number of rotatable bonds is 2. The van der Waals surface area contributed by atoms with Crippen molar-refractivity contribution in [2.24, 2.45) is 5.73 Å². The summed E-state index contributed by atoms with van der Waals surface area (Å²) in [7, 11) is 0. The number of primary amides is 1. The van der Waals surface area contributed by atoms with Crippen LogP contribution in [0.5, 0.6) is 0 Å². The average molecular weight is 210 g/mol. The molecule has 0 aromatic carbocycles. The van der Waals surface area contributed by atoms with E-state index in [1.807, 2.05) is 0 Å². The second-order valence-electron chi connectivity index (χ2n) is 2.47. The molecular weight excluding hydrogens is 204 g/mol. The molecule has 0 aliphatic rings. The van der Waals surface area contributed by atoms with Crippen LogP contribution >= 0.6 is 11.5 Å². The number of anilines is 1. The molecule has 8 heteroatoms. The quantitative estimate of drug-likeness (QED) is 0.687. The zero-order chi connectivity index (χ0) is 10.1. The first-order valence-electron chi connectivity index (χ1n) is 3.60. The normalized spacial score (nSPS) is 10.3. The monoisotopic (exact) mass is 210 g/mol. The van der Waals surface area contributed by atoms with Crippen LogP contribution in [0, 0.1) is 0 Å². The minimum Gasteiger partial charge on any atom is -0.396 e. The van der Waals surface area contributed by atoms with Crippen molar-refractivity contribution in [3.05, 3.63) is 18.2 Å². The molecule has 14 heavy (non-hydrogen) atoms. The van der Waals surface area contributed by atoms with Crippen molar-refractivity contribution in [3.8, 4) is 5.13 Å². The summed E-state index contributed by atoms with van der Waals surface area (Å²) >= 11 is 1.14. The summed E-state index contributed by atoms with van der Waals surface area (Å²) < 4.78 is 5.16. The highest BCUT2D eigenvalue weighted by Crippen LogP contribution is 2.13. The maximum Gasteiger partial charge on any atom is 0.271 e. The van der Waals surface area contributed by atoms with E-state index in [2.05, 4.69) is 14.5 Å². The molecule has 0 radical (unpaired) electrons. The second-order valence-corrected chi connectivity index (χ2v) is 3.22. The van der Waals surface area contributed by atoms with Gasteiger partial charge >= 0.3 is 0 Å². The summed E-state index contributed by atoms with van der Waals surface area (Å²) in [5.74, 6) is -0.661. The molecule has 4 N–H and O–H groups in total. The standard InChI is InChI=1S/C6H6N6OS/c7-3-1-12(6-9-2-10-14-6)11-4(3)5(8)13/h1-2H,7H2,(H2,8,13). The number of hydrogen-bond acceptors (Lipinski definition) is 6. The van der Waals surface area contributed by atoms with Gasteiger partial charge in [-0.1, -0.05) is 0 Å². The maximum atomic E-state index is 10.8. The molecular formula is C6H6N6OS. The highest BCUT2D eigenvalue weighted by atomic mass is 32.1. The molecule has 0 aliphatic carbocycles. The molecule has 7 nitrogen and oxygen atoms in total. The van der Waals surface area contributed by atoms with Crippen molar-refractivity contribution in [2.75, 3.05) is 5.73 Å². The van der Waals surface area contributed by atoms with Crippen LogP contribution in [0.1, 0.15) is 10.5 Å². The van der Waals surface area contributed by atoms with Gasteiger partial charge in [-0.3, -0.25) is 4.79 Å². The average Bonchev–Trinajstić information content (AvgIpc) is 2.70. The van der Waals surface area contributed by atoms with E-state index in [1.54, 1.807) is 0 Å². The lowest BCUT2D eigenvalue weighted by Gasteiger charge is -1.90. The number of nitrogens with zero attached hydrogens (tertiary/aromatic N) is 4. The number of carbonyl (C=O) groups excluding carboxylic acids is 1. The van der Waals surface area contributed by atoms with Crippen molar-refractivity contribution < 1.29 is 4.79 Å². The number of nitrogens with two attached hydrogens (primary N) is 2. The van der Waals surface area contributed by atoms with E-state index in [0.717, 1.165) is 11.5 Å². The lowest BCUT2D eigenvalue weighted by atomic mass is 10.4. The minimum absolute atomic E-state index is 0.0419. The second kappa shape index (κ2) is 3.07. The van der Waals surface area contributed by atoms with Gasteiger partial charge in [0.25, 0.3) is 5.91 Å². The molecule has 2 heterocycles. The van der Waals surface area contributed by atoms with Gasteiger partial charge < -0.3 is 11.5 Å². The Morgan fingerprint density at radius 1 is 1.57 bits per heavy atom. The van der Waals surface area contributed by atoms with E-state index in [-0.39, 0.29) is 11.4 Å². The number of nitrogen functional groups attached to an aromatic ring is 1. The molecule has 0 saturated carbocycles. The smallest absolute Gasteiger partial charge is 0.271 e. The molecule has 2 aromatic heterocycles. The van der Waals surface area contributed by atoms with Gasteiger partial charge in [0.2, 0.25) is 5.13 Å². The molecule has 0 fully saturated rings. The Kier molecular flexibility index (Phi) is 1.89. The van der Waals surface area contributed by atoms with Crippen molar-refractivity contribution in [1.82, 2.24) is 19.1 Å². The number of amides is 1. The molecule has 72 valence electrons. The first kappa shape index (κ1) is 8.63. The van der Waals surface area contributed by atoms with E-state index in [0.29, 0.717) is 5.13 Å². The van der Waals surface area contributed by atoms with Gasteiger partial charge in [0.1, 0.15) is 6.33 Å². The topological polar surface area (TPSA) is 113 Å². The van der Waals surface area contributed by atoms with Crippen LogP contribution in [-0.4, -0.2) is 25.0 Å². The molecule has 0 spiro atoms. The van der Waals surface area contributed by atoms with Crippen LogP contribution in [0.2, 0.25) is 0 Å². The third kappa shape index (κ3) is 1.31. The summed E-state index contributed by atoms with van der Waals surface area (Å²) in [6.45, 7) is 0.